The van der Waals surface area contributed by atoms with Crippen LogP contribution >= 0.6 is 0 Å². The molecule has 2 heterocycles. The number of H-pyrrole nitrogens is 1. The Labute approximate surface area is 94.8 Å². The van der Waals surface area contributed by atoms with Crippen molar-refractivity contribution in [3.8, 4) is 0 Å². The molecule has 1 aromatic carbocycles. The molecular formula is C13H16N2O. The van der Waals surface area contributed by atoms with Crippen LogP contribution in [0.2, 0.25) is 0 Å². The Balaban J connectivity index is 1.83. The van der Waals surface area contributed by atoms with E-state index in [2.05, 4.69) is 40.8 Å². The van der Waals surface area contributed by atoms with Crippen LogP contribution in [0.5, 0.6) is 0 Å². The lowest BCUT2D eigenvalue weighted by molar-refractivity contribution is 0.0771. The van der Waals surface area contributed by atoms with Gasteiger partial charge in [-0.05, 0) is 18.1 Å². The topological polar surface area (TPSA) is 37.0 Å². The van der Waals surface area contributed by atoms with Crippen molar-refractivity contribution in [2.75, 3.05) is 19.8 Å². The summed E-state index contributed by atoms with van der Waals surface area (Å²) in [6, 6.07) is 8.89. The normalized spacial score (nSPS) is 21.4. The maximum atomic E-state index is 5.47. The fraction of sp³-hybridized carbons (Fsp3) is 0.385. The Morgan fingerprint density at radius 2 is 2.25 bits per heavy atom. The molecule has 1 atom stereocenters. The molecular weight excluding hydrogens is 200 g/mol. The summed E-state index contributed by atoms with van der Waals surface area (Å²) >= 11 is 0. The molecule has 16 heavy (non-hydrogen) atoms. The van der Waals surface area contributed by atoms with Gasteiger partial charge in [-0.25, -0.2) is 0 Å². The van der Waals surface area contributed by atoms with E-state index in [4.69, 9.17) is 4.74 Å². The predicted molar refractivity (Wildman–Crippen MR) is 64.6 cm³/mol. The van der Waals surface area contributed by atoms with Gasteiger partial charge < -0.3 is 15.0 Å². The van der Waals surface area contributed by atoms with Crippen molar-refractivity contribution in [2.45, 2.75) is 12.5 Å². The van der Waals surface area contributed by atoms with E-state index in [0.29, 0.717) is 6.04 Å². The highest BCUT2D eigenvalue weighted by molar-refractivity contribution is 5.83. The monoisotopic (exact) mass is 216 g/mol. The number of aromatic amines is 1. The molecule has 1 aliphatic heterocycles. The predicted octanol–water partition coefficient (Wildman–Crippen LogP) is 1.70. The van der Waals surface area contributed by atoms with Crippen LogP contribution in [0.15, 0.2) is 30.5 Å². The zero-order chi connectivity index (χ0) is 10.8. The van der Waals surface area contributed by atoms with Gasteiger partial charge >= 0.3 is 0 Å². The smallest absolute Gasteiger partial charge is 0.0623 e. The number of ether oxygens (including phenoxy) is 1. The molecule has 84 valence electrons. The van der Waals surface area contributed by atoms with Gasteiger partial charge in [0.25, 0.3) is 0 Å². The van der Waals surface area contributed by atoms with E-state index in [0.717, 1.165) is 26.2 Å². The quantitative estimate of drug-likeness (QED) is 0.801. The summed E-state index contributed by atoms with van der Waals surface area (Å²) in [5.41, 5.74) is 2.59. The van der Waals surface area contributed by atoms with Crippen LogP contribution in [0.1, 0.15) is 5.56 Å². The number of benzene rings is 1. The van der Waals surface area contributed by atoms with E-state index in [9.17, 15) is 0 Å². The van der Waals surface area contributed by atoms with Crippen molar-refractivity contribution in [3.05, 3.63) is 36.0 Å². The summed E-state index contributed by atoms with van der Waals surface area (Å²) in [6.45, 7) is 2.62. The molecule has 0 saturated carbocycles. The van der Waals surface area contributed by atoms with Crippen LogP contribution in [-0.4, -0.2) is 30.8 Å². The number of nitrogens with one attached hydrogen (secondary N) is 2. The SMILES string of the molecule is c1ccc2c(C[C@@H]3COCCN3)c[nH]c2c1. The summed E-state index contributed by atoms with van der Waals surface area (Å²) in [7, 11) is 0. The molecule has 0 amide bonds. The molecule has 3 rings (SSSR count). The molecule has 0 spiro atoms. The number of hydrogen-bond donors (Lipinski definition) is 2. The largest absolute Gasteiger partial charge is 0.379 e. The third kappa shape index (κ3) is 1.84. The molecule has 0 unspecified atom stereocenters. The lowest BCUT2D eigenvalue weighted by atomic mass is 10.1. The average molecular weight is 216 g/mol. The van der Waals surface area contributed by atoms with E-state index in [1.54, 1.807) is 0 Å². The van der Waals surface area contributed by atoms with Gasteiger partial charge in [0.1, 0.15) is 0 Å². The number of hydrogen-bond acceptors (Lipinski definition) is 2. The second-order valence-electron chi connectivity index (χ2n) is 4.29. The van der Waals surface area contributed by atoms with Crippen molar-refractivity contribution in [2.24, 2.45) is 0 Å². The summed E-state index contributed by atoms with van der Waals surface area (Å²) < 4.78 is 5.47. The van der Waals surface area contributed by atoms with E-state index < -0.39 is 0 Å². The minimum atomic E-state index is 0.452. The van der Waals surface area contributed by atoms with Crippen LogP contribution in [0.25, 0.3) is 10.9 Å². The Morgan fingerprint density at radius 1 is 1.31 bits per heavy atom. The summed E-state index contributed by atoms with van der Waals surface area (Å²) in [5, 5.41) is 4.81. The second kappa shape index (κ2) is 4.28. The van der Waals surface area contributed by atoms with Crippen molar-refractivity contribution < 1.29 is 4.74 Å². The Morgan fingerprint density at radius 3 is 3.12 bits per heavy atom. The minimum absolute atomic E-state index is 0.452. The first kappa shape index (κ1) is 9.87. The number of para-hydroxylation sites is 1. The highest BCUT2D eigenvalue weighted by Crippen LogP contribution is 2.19. The highest BCUT2D eigenvalue weighted by Gasteiger charge is 2.15. The van der Waals surface area contributed by atoms with Crippen molar-refractivity contribution in [1.29, 1.82) is 0 Å². The fourth-order valence-electron chi connectivity index (χ4n) is 2.32. The summed E-state index contributed by atoms with van der Waals surface area (Å²) in [6.07, 6.45) is 3.14. The van der Waals surface area contributed by atoms with Crippen LogP contribution in [0.4, 0.5) is 0 Å². The average Bonchev–Trinajstić information content (AvgIpc) is 2.74. The lowest BCUT2D eigenvalue weighted by Crippen LogP contribution is -2.42. The summed E-state index contributed by atoms with van der Waals surface area (Å²) in [5.74, 6) is 0. The number of morpholine rings is 1. The maximum absolute atomic E-state index is 5.47. The number of rotatable bonds is 2. The first-order valence-electron chi connectivity index (χ1n) is 5.79. The summed E-state index contributed by atoms with van der Waals surface area (Å²) in [4.78, 5) is 3.31. The van der Waals surface area contributed by atoms with Crippen LogP contribution in [0.3, 0.4) is 0 Å². The molecule has 1 fully saturated rings. The first-order valence-corrected chi connectivity index (χ1v) is 5.79. The van der Waals surface area contributed by atoms with Crippen LogP contribution < -0.4 is 5.32 Å². The van der Waals surface area contributed by atoms with Gasteiger partial charge in [-0.3, -0.25) is 0 Å². The second-order valence-corrected chi connectivity index (χ2v) is 4.29. The van der Waals surface area contributed by atoms with Crippen molar-refractivity contribution in [3.63, 3.8) is 0 Å². The van der Waals surface area contributed by atoms with Gasteiger partial charge in [-0.2, -0.15) is 0 Å². The number of aromatic nitrogens is 1. The van der Waals surface area contributed by atoms with Crippen LogP contribution in [-0.2, 0) is 11.2 Å². The zero-order valence-electron chi connectivity index (χ0n) is 9.20. The Hall–Kier alpha value is -1.32. The van der Waals surface area contributed by atoms with E-state index in [1.165, 1.54) is 16.5 Å². The molecule has 2 N–H and O–H groups in total. The van der Waals surface area contributed by atoms with Gasteiger partial charge in [-0.1, -0.05) is 18.2 Å². The Kier molecular flexibility index (Phi) is 2.64. The van der Waals surface area contributed by atoms with E-state index in [-0.39, 0.29) is 0 Å². The van der Waals surface area contributed by atoms with E-state index >= 15 is 0 Å². The minimum Gasteiger partial charge on any atom is -0.379 e. The molecule has 0 radical (unpaired) electrons. The standard InChI is InChI=1S/C13H16N2O/c1-2-4-13-12(3-1)10(8-15-13)7-11-9-16-6-5-14-11/h1-4,8,11,14-15H,5-7,9H2/t11-/m1/s1. The Bertz CT molecular complexity index is 471. The molecule has 3 heteroatoms. The molecule has 2 aromatic rings. The lowest BCUT2D eigenvalue weighted by Gasteiger charge is -2.23. The van der Waals surface area contributed by atoms with Gasteiger partial charge in [-0.15, -0.1) is 0 Å². The van der Waals surface area contributed by atoms with E-state index in [1.807, 2.05) is 0 Å². The van der Waals surface area contributed by atoms with Gasteiger partial charge in [0.2, 0.25) is 0 Å². The van der Waals surface area contributed by atoms with Gasteiger partial charge in [0.05, 0.1) is 13.2 Å². The fourth-order valence-corrected chi connectivity index (χ4v) is 2.32. The molecule has 3 nitrogen and oxygen atoms in total. The van der Waals surface area contributed by atoms with Gasteiger partial charge in [0.15, 0.2) is 0 Å². The zero-order valence-corrected chi connectivity index (χ0v) is 9.20. The maximum Gasteiger partial charge on any atom is 0.0623 e. The third-order valence-electron chi connectivity index (χ3n) is 3.14. The highest BCUT2D eigenvalue weighted by atomic mass is 16.5. The van der Waals surface area contributed by atoms with Crippen LogP contribution in [0, 0.1) is 0 Å². The first-order chi connectivity index (χ1) is 7.93. The van der Waals surface area contributed by atoms with Crippen molar-refractivity contribution in [1.82, 2.24) is 10.3 Å². The third-order valence-corrected chi connectivity index (χ3v) is 3.14. The number of fused-ring (bicyclic) bond motifs is 1. The molecule has 1 aromatic heterocycles. The molecule has 1 aliphatic rings. The van der Waals surface area contributed by atoms with Crippen molar-refractivity contribution >= 4 is 10.9 Å². The molecule has 1 saturated heterocycles. The van der Waals surface area contributed by atoms with Gasteiger partial charge in [0, 0.05) is 29.7 Å². The molecule has 0 aliphatic carbocycles. The molecule has 0 bridgehead atoms.